The SMILES string of the molecule is CC(C(=O)Nc1ccn(Cc2ccc(F)cc2)n1)n1cc(Br)cn1. The number of halogens is 2. The second kappa shape index (κ2) is 6.96. The molecule has 8 heteroatoms. The Kier molecular flexibility index (Phi) is 4.75. The molecule has 0 spiro atoms. The third kappa shape index (κ3) is 3.88. The lowest BCUT2D eigenvalue weighted by atomic mass is 10.2. The lowest BCUT2D eigenvalue weighted by Gasteiger charge is -2.11. The van der Waals surface area contributed by atoms with Crippen LogP contribution in [0.5, 0.6) is 0 Å². The number of carbonyl (C=O) groups is 1. The summed E-state index contributed by atoms with van der Waals surface area (Å²) in [6.45, 7) is 2.25. The zero-order valence-corrected chi connectivity index (χ0v) is 14.4. The van der Waals surface area contributed by atoms with Gasteiger partial charge in [0.05, 0.1) is 17.2 Å². The molecule has 0 bridgehead atoms. The molecule has 0 radical (unpaired) electrons. The summed E-state index contributed by atoms with van der Waals surface area (Å²) >= 11 is 3.30. The monoisotopic (exact) mass is 391 g/mol. The van der Waals surface area contributed by atoms with Crippen LogP contribution in [-0.4, -0.2) is 25.5 Å². The van der Waals surface area contributed by atoms with E-state index < -0.39 is 6.04 Å². The maximum absolute atomic E-state index is 12.9. The topological polar surface area (TPSA) is 64.7 Å². The quantitative estimate of drug-likeness (QED) is 0.725. The van der Waals surface area contributed by atoms with E-state index in [1.807, 2.05) is 0 Å². The Balaban J connectivity index is 1.63. The summed E-state index contributed by atoms with van der Waals surface area (Å²) in [5.74, 6) is -0.0239. The summed E-state index contributed by atoms with van der Waals surface area (Å²) in [7, 11) is 0. The maximum Gasteiger partial charge on any atom is 0.250 e. The molecule has 124 valence electrons. The highest BCUT2D eigenvalue weighted by atomic mass is 79.9. The van der Waals surface area contributed by atoms with Crippen LogP contribution in [-0.2, 0) is 11.3 Å². The lowest BCUT2D eigenvalue weighted by molar-refractivity contribution is -0.119. The number of nitrogens with zero attached hydrogens (tertiary/aromatic N) is 4. The Labute approximate surface area is 146 Å². The maximum atomic E-state index is 12.9. The predicted octanol–water partition coefficient (Wildman–Crippen LogP) is 3.23. The molecule has 1 atom stereocenters. The number of aromatic nitrogens is 4. The molecular weight excluding hydrogens is 377 g/mol. The number of hydrogen-bond donors (Lipinski definition) is 1. The third-order valence-electron chi connectivity index (χ3n) is 3.50. The van der Waals surface area contributed by atoms with Gasteiger partial charge in [0, 0.05) is 18.5 Å². The van der Waals surface area contributed by atoms with E-state index in [-0.39, 0.29) is 11.7 Å². The van der Waals surface area contributed by atoms with Crippen molar-refractivity contribution in [3.05, 3.63) is 64.8 Å². The second-order valence-corrected chi connectivity index (χ2v) is 6.24. The molecule has 0 aliphatic heterocycles. The summed E-state index contributed by atoms with van der Waals surface area (Å²) in [4.78, 5) is 12.2. The first-order chi connectivity index (χ1) is 11.5. The van der Waals surface area contributed by atoms with E-state index in [1.165, 1.54) is 12.1 Å². The Hall–Kier alpha value is -2.48. The van der Waals surface area contributed by atoms with E-state index in [1.54, 1.807) is 53.1 Å². The summed E-state index contributed by atoms with van der Waals surface area (Å²) in [6.07, 6.45) is 5.12. The van der Waals surface area contributed by atoms with Gasteiger partial charge in [0.25, 0.3) is 0 Å². The molecule has 24 heavy (non-hydrogen) atoms. The average Bonchev–Trinajstić information content (AvgIpc) is 3.18. The first-order valence-corrected chi connectivity index (χ1v) is 8.09. The molecule has 3 aromatic rings. The van der Waals surface area contributed by atoms with Crippen molar-refractivity contribution in [3.63, 3.8) is 0 Å². The highest BCUT2D eigenvalue weighted by Gasteiger charge is 2.16. The lowest BCUT2D eigenvalue weighted by Crippen LogP contribution is -2.24. The smallest absolute Gasteiger partial charge is 0.250 e. The minimum atomic E-state index is -0.460. The van der Waals surface area contributed by atoms with Gasteiger partial charge >= 0.3 is 0 Å². The molecule has 2 heterocycles. The van der Waals surface area contributed by atoms with Gasteiger partial charge in [-0.15, -0.1) is 0 Å². The fourth-order valence-electron chi connectivity index (χ4n) is 2.17. The van der Waals surface area contributed by atoms with Crippen LogP contribution in [0.1, 0.15) is 18.5 Å². The number of benzene rings is 1. The van der Waals surface area contributed by atoms with Crippen molar-refractivity contribution in [2.45, 2.75) is 19.5 Å². The molecule has 0 aliphatic rings. The fraction of sp³-hybridized carbons (Fsp3) is 0.188. The summed E-state index contributed by atoms with van der Waals surface area (Å²) < 4.78 is 17.0. The Bertz CT molecular complexity index is 842. The number of amides is 1. The molecule has 1 N–H and O–H groups in total. The van der Waals surface area contributed by atoms with E-state index in [0.717, 1.165) is 10.0 Å². The minimum Gasteiger partial charge on any atom is -0.307 e. The average molecular weight is 392 g/mol. The van der Waals surface area contributed by atoms with E-state index in [4.69, 9.17) is 0 Å². The Morgan fingerprint density at radius 3 is 2.75 bits per heavy atom. The second-order valence-electron chi connectivity index (χ2n) is 5.33. The molecule has 2 aromatic heterocycles. The summed E-state index contributed by atoms with van der Waals surface area (Å²) in [5, 5.41) is 11.2. The molecule has 1 unspecified atom stereocenters. The molecule has 0 saturated carbocycles. The van der Waals surface area contributed by atoms with Crippen molar-refractivity contribution in [1.82, 2.24) is 19.6 Å². The van der Waals surface area contributed by atoms with Gasteiger partial charge in [-0.05, 0) is 40.5 Å². The van der Waals surface area contributed by atoms with Crippen LogP contribution >= 0.6 is 15.9 Å². The van der Waals surface area contributed by atoms with E-state index >= 15 is 0 Å². The van der Waals surface area contributed by atoms with Crippen molar-refractivity contribution in [3.8, 4) is 0 Å². The molecule has 1 amide bonds. The summed E-state index contributed by atoms with van der Waals surface area (Å²) in [5.41, 5.74) is 0.923. The largest absolute Gasteiger partial charge is 0.307 e. The molecule has 0 fully saturated rings. The van der Waals surface area contributed by atoms with Gasteiger partial charge in [-0.25, -0.2) is 4.39 Å². The van der Waals surface area contributed by atoms with Crippen LogP contribution in [0.15, 0.2) is 53.4 Å². The van der Waals surface area contributed by atoms with Crippen LogP contribution in [0.25, 0.3) is 0 Å². The van der Waals surface area contributed by atoms with Crippen molar-refractivity contribution in [2.75, 3.05) is 5.32 Å². The first kappa shape index (κ1) is 16.4. The van der Waals surface area contributed by atoms with E-state index in [2.05, 4.69) is 31.4 Å². The van der Waals surface area contributed by atoms with Crippen molar-refractivity contribution in [2.24, 2.45) is 0 Å². The molecule has 1 aromatic carbocycles. The van der Waals surface area contributed by atoms with Gasteiger partial charge in [0.15, 0.2) is 5.82 Å². The number of hydrogen-bond acceptors (Lipinski definition) is 3. The van der Waals surface area contributed by atoms with Gasteiger partial charge in [0.2, 0.25) is 5.91 Å². The summed E-state index contributed by atoms with van der Waals surface area (Å²) in [6, 6.07) is 7.47. The molecule has 3 rings (SSSR count). The Morgan fingerprint density at radius 2 is 2.08 bits per heavy atom. The normalized spacial score (nSPS) is 12.1. The van der Waals surface area contributed by atoms with Gasteiger partial charge in [-0.2, -0.15) is 10.2 Å². The van der Waals surface area contributed by atoms with Crippen LogP contribution in [0.2, 0.25) is 0 Å². The predicted molar refractivity (Wildman–Crippen MR) is 91.0 cm³/mol. The first-order valence-electron chi connectivity index (χ1n) is 7.30. The fourth-order valence-corrected chi connectivity index (χ4v) is 2.47. The van der Waals surface area contributed by atoms with Crippen molar-refractivity contribution in [1.29, 1.82) is 0 Å². The minimum absolute atomic E-state index is 0.211. The van der Waals surface area contributed by atoms with E-state index in [9.17, 15) is 9.18 Å². The highest BCUT2D eigenvalue weighted by molar-refractivity contribution is 9.10. The van der Waals surface area contributed by atoms with Gasteiger partial charge in [-0.3, -0.25) is 14.2 Å². The van der Waals surface area contributed by atoms with Crippen LogP contribution in [0.4, 0.5) is 10.2 Å². The molecular formula is C16H15BrFN5O. The number of carbonyl (C=O) groups excluding carboxylic acids is 1. The van der Waals surface area contributed by atoms with Crippen LogP contribution in [0, 0.1) is 5.82 Å². The van der Waals surface area contributed by atoms with Crippen LogP contribution < -0.4 is 5.32 Å². The molecule has 0 aliphatic carbocycles. The van der Waals surface area contributed by atoms with Crippen molar-refractivity contribution >= 4 is 27.7 Å². The zero-order chi connectivity index (χ0) is 17.1. The molecule has 6 nitrogen and oxygen atoms in total. The van der Waals surface area contributed by atoms with Gasteiger partial charge in [-0.1, -0.05) is 12.1 Å². The Morgan fingerprint density at radius 1 is 1.33 bits per heavy atom. The van der Waals surface area contributed by atoms with Crippen LogP contribution in [0.3, 0.4) is 0 Å². The zero-order valence-electron chi connectivity index (χ0n) is 12.9. The van der Waals surface area contributed by atoms with Crippen molar-refractivity contribution < 1.29 is 9.18 Å². The third-order valence-corrected chi connectivity index (χ3v) is 3.91. The number of anilines is 1. The highest BCUT2D eigenvalue weighted by Crippen LogP contribution is 2.14. The van der Waals surface area contributed by atoms with Gasteiger partial charge in [0.1, 0.15) is 11.9 Å². The standard InChI is InChI=1S/C16H15BrFN5O/c1-11(23-10-13(17)8-19-23)16(24)20-15-6-7-22(21-15)9-12-2-4-14(18)5-3-12/h2-8,10-11H,9H2,1H3,(H,20,21,24). The number of nitrogens with one attached hydrogen (secondary N) is 1. The molecule has 0 saturated heterocycles. The van der Waals surface area contributed by atoms with Gasteiger partial charge < -0.3 is 5.32 Å². The number of rotatable bonds is 5. The van der Waals surface area contributed by atoms with E-state index in [0.29, 0.717) is 12.4 Å².